The number of amides is 2. The van der Waals surface area contributed by atoms with E-state index in [-0.39, 0.29) is 43.7 Å². The Kier molecular flexibility index (Phi) is 10.0. The Morgan fingerprint density at radius 3 is 2.18 bits per heavy atom. The van der Waals surface area contributed by atoms with Gasteiger partial charge in [-0.05, 0) is 49.1 Å². The van der Waals surface area contributed by atoms with Gasteiger partial charge in [0.15, 0.2) is 0 Å². The number of nitrogens with one attached hydrogen (secondary N) is 1. The number of anilines is 1. The summed E-state index contributed by atoms with van der Waals surface area (Å²) in [6.07, 6.45) is 1.37. The Morgan fingerprint density at radius 1 is 1.00 bits per heavy atom. The first-order chi connectivity index (χ1) is 16.0. The first-order valence-electron chi connectivity index (χ1n) is 11.3. The highest BCUT2D eigenvalue weighted by atomic mass is 32.2. The Morgan fingerprint density at radius 2 is 1.62 bits per heavy atom. The molecule has 0 spiro atoms. The summed E-state index contributed by atoms with van der Waals surface area (Å²) < 4.78 is 39.0. The summed E-state index contributed by atoms with van der Waals surface area (Å²) in [6, 6.07) is 13.9. The van der Waals surface area contributed by atoms with Gasteiger partial charge in [0.2, 0.25) is 21.8 Å². The van der Waals surface area contributed by atoms with Crippen molar-refractivity contribution in [1.29, 1.82) is 0 Å². The number of carbonyl (C=O) groups is 2. The molecule has 0 unspecified atom stereocenters. The van der Waals surface area contributed by atoms with Crippen molar-refractivity contribution < 1.29 is 22.4 Å². The summed E-state index contributed by atoms with van der Waals surface area (Å²) in [5.74, 6) is -0.665. The first-order valence-corrected chi connectivity index (χ1v) is 13.2. The molecule has 2 amide bonds. The molecule has 0 aliphatic heterocycles. The SMILES string of the molecule is CC(C)CNC(=O)[C@H](C)N(Cc1ccccc1)C(=O)CCCN(c1ccc(F)cc1)S(C)(=O)=O. The van der Waals surface area contributed by atoms with Crippen LogP contribution in [0.3, 0.4) is 0 Å². The van der Waals surface area contributed by atoms with Gasteiger partial charge in [0.05, 0.1) is 11.9 Å². The van der Waals surface area contributed by atoms with E-state index >= 15 is 0 Å². The van der Waals surface area contributed by atoms with E-state index in [0.717, 1.165) is 16.1 Å². The monoisotopic (exact) mass is 491 g/mol. The summed E-state index contributed by atoms with van der Waals surface area (Å²) in [4.78, 5) is 27.4. The molecule has 2 rings (SSSR count). The maximum absolute atomic E-state index is 13.3. The van der Waals surface area contributed by atoms with Gasteiger partial charge in [-0.15, -0.1) is 0 Å². The number of halogens is 1. The van der Waals surface area contributed by atoms with Crippen LogP contribution in [0.1, 0.15) is 39.2 Å². The van der Waals surface area contributed by atoms with Gasteiger partial charge < -0.3 is 10.2 Å². The van der Waals surface area contributed by atoms with Crippen LogP contribution in [-0.4, -0.2) is 50.5 Å². The highest BCUT2D eigenvalue weighted by Gasteiger charge is 2.26. The number of nitrogens with zero attached hydrogens (tertiary/aromatic N) is 2. The summed E-state index contributed by atoms with van der Waals surface area (Å²) in [5.41, 5.74) is 1.22. The highest BCUT2D eigenvalue weighted by molar-refractivity contribution is 7.92. The minimum absolute atomic E-state index is 0.0574. The minimum atomic E-state index is -3.62. The van der Waals surface area contributed by atoms with E-state index in [9.17, 15) is 22.4 Å². The molecule has 0 saturated heterocycles. The van der Waals surface area contributed by atoms with Crippen molar-refractivity contribution in [2.24, 2.45) is 5.92 Å². The third-order valence-corrected chi connectivity index (χ3v) is 6.51. The predicted molar refractivity (Wildman–Crippen MR) is 132 cm³/mol. The number of hydrogen-bond acceptors (Lipinski definition) is 4. The van der Waals surface area contributed by atoms with E-state index in [2.05, 4.69) is 5.32 Å². The van der Waals surface area contributed by atoms with E-state index in [1.807, 2.05) is 44.2 Å². The standard InChI is InChI=1S/C25H34FN3O4S/c1-19(2)17-27-25(31)20(3)28(18-21-9-6-5-7-10-21)24(30)11-8-16-29(34(4,32)33)23-14-12-22(26)13-15-23/h5-7,9-10,12-15,19-20H,8,11,16-18H2,1-4H3,(H,27,31)/t20-/m0/s1. The molecule has 1 atom stereocenters. The topological polar surface area (TPSA) is 86.8 Å². The van der Waals surface area contributed by atoms with Crippen molar-refractivity contribution >= 4 is 27.5 Å². The van der Waals surface area contributed by atoms with Crippen LogP contribution in [-0.2, 0) is 26.2 Å². The third kappa shape index (κ3) is 8.44. The summed E-state index contributed by atoms with van der Waals surface area (Å²) in [6.45, 7) is 6.52. The van der Waals surface area contributed by atoms with E-state index in [4.69, 9.17) is 0 Å². The van der Waals surface area contributed by atoms with Gasteiger partial charge in [-0.1, -0.05) is 44.2 Å². The lowest BCUT2D eigenvalue weighted by Gasteiger charge is -2.29. The fourth-order valence-electron chi connectivity index (χ4n) is 3.43. The maximum atomic E-state index is 13.3. The largest absolute Gasteiger partial charge is 0.354 e. The predicted octanol–water partition coefficient (Wildman–Crippen LogP) is 3.56. The molecule has 34 heavy (non-hydrogen) atoms. The van der Waals surface area contributed by atoms with Gasteiger partial charge in [0.1, 0.15) is 11.9 Å². The van der Waals surface area contributed by atoms with E-state index < -0.39 is 21.9 Å². The Hall–Kier alpha value is -2.94. The van der Waals surface area contributed by atoms with Crippen molar-refractivity contribution in [2.45, 2.75) is 46.2 Å². The normalized spacial score (nSPS) is 12.3. The van der Waals surface area contributed by atoms with Crippen molar-refractivity contribution in [3.63, 3.8) is 0 Å². The molecule has 1 N–H and O–H groups in total. The molecule has 0 aliphatic carbocycles. The Bertz CT molecular complexity index is 1040. The second-order valence-electron chi connectivity index (χ2n) is 8.74. The molecule has 2 aromatic rings. The minimum Gasteiger partial charge on any atom is -0.354 e. The second kappa shape index (κ2) is 12.5. The van der Waals surface area contributed by atoms with Gasteiger partial charge in [0.25, 0.3) is 0 Å². The van der Waals surface area contributed by atoms with Crippen LogP contribution >= 0.6 is 0 Å². The smallest absolute Gasteiger partial charge is 0.242 e. The number of rotatable bonds is 12. The van der Waals surface area contributed by atoms with Gasteiger partial charge in [-0.3, -0.25) is 13.9 Å². The average molecular weight is 492 g/mol. The van der Waals surface area contributed by atoms with E-state index in [0.29, 0.717) is 12.2 Å². The summed E-state index contributed by atoms with van der Waals surface area (Å²) in [5, 5.41) is 2.87. The number of benzene rings is 2. The van der Waals surface area contributed by atoms with Crippen molar-refractivity contribution in [2.75, 3.05) is 23.7 Å². The molecule has 9 heteroatoms. The molecule has 0 saturated carbocycles. The summed E-state index contributed by atoms with van der Waals surface area (Å²) in [7, 11) is -3.62. The van der Waals surface area contributed by atoms with Gasteiger partial charge in [-0.2, -0.15) is 0 Å². The van der Waals surface area contributed by atoms with Crippen LogP contribution in [0.4, 0.5) is 10.1 Å². The average Bonchev–Trinajstić information content (AvgIpc) is 2.78. The second-order valence-corrected chi connectivity index (χ2v) is 10.6. The van der Waals surface area contributed by atoms with Crippen LogP contribution in [0, 0.1) is 11.7 Å². The van der Waals surface area contributed by atoms with Crippen LogP contribution in [0.2, 0.25) is 0 Å². The zero-order valence-corrected chi connectivity index (χ0v) is 21.0. The van der Waals surface area contributed by atoms with Crippen molar-refractivity contribution in [3.8, 4) is 0 Å². The first kappa shape index (κ1) is 27.3. The molecule has 0 aliphatic rings. The lowest BCUT2D eigenvalue weighted by atomic mass is 10.1. The zero-order valence-electron chi connectivity index (χ0n) is 20.2. The molecule has 0 bridgehead atoms. The molecule has 186 valence electrons. The Balaban J connectivity index is 2.12. The zero-order chi connectivity index (χ0) is 25.3. The highest BCUT2D eigenvalue weighted by Crippen LogP contribution is 2.19. The van der Waals surface area contributed by atoms with Crippen molar-refractivity contribution in [1.82, 2.24) is 10.2 Å². The van der Waals surface area contributed by atoms with Crippen LogP contribution in [0.5, 0.6) is 0 Å². The quantitative estimate of drug-likeness (QED) is 0.492. The maximum Gasteiger partial charge on any atom is 0.242 e. The number of hydrogen-bond donors (Lipinski definition) is 1. The number of carbonyl (C=O) groups excluding carboxylic acids is 2. The van der Waals surface area contributed by atoms with Crippen LogP contribution in [0.25, 0.3) is 0 Å². The third-order valence-electron chi connectivity index (χ3n) is 5.31. The lowest BCUT2D eigenvalue weighted by molar-refractivity contribution is -0.140. The molecule has 0 heterocycles. The van der Waals surface area contributed by atoms with Gasteiger partial charge >= 0.3 is 0 Å². The number of sulfonamides is 1. The molecular formula is C25H34FN3O4S. The summed E-state index contributed by atoms with van der Waals surface area (Å²) >= 11 is 0. The van der Waals surface area contributed by atoms with E-state index in [1.165, 1.54) is 29.2 Å². The Labute approximate surface area is 202 Å². The molecule has 0 fully saturated rings. The van der Waals surface area contributed by atoms with Crippen LogP contribution < -0.4 is 9.62 Å². The molecule has 0 aromatic heterocycles. The molecule has 0 radical (unpaired) electrons. The van der Waals surface area contributed by atoms with Crippen LogP contribution in [0.15, 0.2) is 54.6 Å². The molecule has 2 aromatic carbocycles. The lowest BCUT2D eigenvalue weighted by Crippen LogP contribution is -2.48. The van der Waals surface area contributed by atoms with Crippen molar-refractivity contribution in [3.05, 3.63) is 66.0 Å². The fourth-order valence-corrected chi connectivity index (χ4v) is 4.39. The fraction of sp³-hybridized carbons (Fsp3) is 0.440. The van der Waals surface area contributed by atoms with Gasteiger partial charge in [0, 0.05) is 26.1 Å². The molecular weight excluding hydrogens is 457 g/mol. The molecule has 7 nitrogen and oxygen atoms in total. The van der Waals surface area contributed by atoms with E-state index in [1.54, 1.807) is 6.92 Å². The van der Waals surface area contributed by atoms with Gasteiger partial charge in [-0.25, -0.2) is 12.8 Å².